The average molecular weight is 264 g/mol. The van der Waals surface area contributed by atoms with E-state index < -0.39 is 6.29 Å². The maximum absolute atomic E-state index is 5.38. The first kappa shape index (κ1) is 15.9. The lowest BCUT2D eigenvalue weighted by Crippen LogP contribution is -2.13. The van der Waals surface area contributed by atoms with Crippen molar-refractivity contribution in [2.45, 2.75) is 46.0 Å². The summed E-state index contributed by atoms with van der Waals surface area (Å²) in [6.45, 7) is 6.19. The molecule has 2 unspecified atom stereocenters. The number of benzene rings is 1. The molecule has 19 heavy (non-hydrogen) atoms. The van der Waals surface area contributed by atoms with Crippen molar-refractivity contribution < 1.29 is 14.5 Å². The Morgan fingerprint density at radius 2 is 1.84 bits per heavy atom. The molecule has 0 spiro atoms. The van der Waals surface area contributed by atoms with Crippen molar-refractivity contribution in [2.75, 3.05) is 7.11 Å². The molecule has 0 aliphatic rings. The van der Waals surface area contributed by atoms with E-state index in [1.165, 1.54) is 5.57 Å². The van der Waals surface area contributed by atoms with Crippen LogP contribution in [0.1, 0.15) is 45.5 Å². The number of hydrogen-bond acceptors (Lipinski definition) is 3. The maximum atomic E-state index is 5.38. The topological polar surface area (TPSA) is 27.7 Å². The van der Waals surface area contributed by atoms with Crippen LogP contribution in [0.15, 0.2) is 42.0 Å². The van der Waals surface area contributed by atoms with Crippen LogP contribution >= 0.6 is 0 Å². The van der Waals surface area contributed by atoms with Crippen LogP contribution in [0.2, 0.25) is 0 Å². The van der Waals surface area contributed by atoms with Gasteiger partial charge in [0.25, 0.3) is 0 Å². The Balaban J connectivity index is 2.35. The van der Waals surface area contributed by atoms with E-state index in [1.807, 2.05) is 37.3 Å². The highest BCUT2D eigenvalue weighted by atomic mass is 17.2. The van der Waals surface area contributed by atoms with E-state index in [9.17, 15) is 0 Å². The van der Waals surface area contributed by atoms with Crippen LogP contribution in [-0.2, 0) is 14.5 Å². The van der Waals surface area contributed by atoms with Crippen LogP contribution in [0.3, 0.4) is 0 Å². The zero-order valence-electron chi connectivity index (χ0n) is 12.3. The van der Waals surface area contributed by atoms with E-state index in [2.05, 4.69) is 19.9 Å². The minimum Gasteiger partial charge on any atom is -0.349 e. The van der Waals surface area contributed by atoms with Crippen molar-refractivity contribution in [3.63, 3.8) is 0 Å². The Hall–Kier alpha value is -1.16. The SMILES string of the molecule is COC(OOC(C)CCC=C(C)C)c1ccccc1. The highest BCUT2D eigenvalue weighted by Gasteiger charge is 2.13. The molecular weight excluding hydrogens is 240 g/mol. The summed E-state index contributed by atoms with van der Waals surface area (Å²) in [6.07, 6.45) is 3.68. The molecule has 1 aromatic rings. The summed E-state index contributed by atoms with van der Waals surface area (Å²) in [7, 11) is 1.61. The smallest absolute Gasteiger partial charge is 0.217 e. The van der Waals surface area contributed by atoms with Gasteiger partial charge in [-0.05, 0) is 33.6 Å². The van der Waals surface area contributed by atoms with Gasteiger partial charge in [0.05, 0.1) is 6.10 Å². The highest BCUT2D eigenvalue weighted by Crippen LogP contribution is 2.19. The number of hydrogen-bond donors (Lipinski definition) is 0. The van der Waals surface area contributed by atoms with Gasteiger partial charge in [0.2, 0.25) is 6.29 Å². The van der Waals surface area contributed by atoms with Gasteiger partial charge in [-0.15, -0.1) is 0 Å². The van der Waals surface area contributed by atoms with Gasteiger partial charge >= 0.3 is 0 Å². The first-order valence-electron chi connectivity index (χ1n) is 6.66. The molecule has 0 aromatic heterocycles. The second-order valence-electron chi connectivity index (χ2n) is 4.84. The van der Waals surface area contributed by atoms with E-state index in [0.717, 1.165) is 18.4 Å². The average Bonchev–Trinajstić information content (AvgIpc) is 2.40. The largest absolute Gasteiger partial charge is 0.349 e. The lowest BCUT2D eigenvalue weighted by atomic mass is 10.2. The van der Waals surface area contributed by atoms with Crippen molar-refractivity contribution in [3.8, 4) is 0 Å². The molecule has 1 aromatic carbocycles. The summed E-state index contributed by atoms with van der Waals surface area (Å²) in [6, 6.07) is 9.75. The molecule has 3 heteroatoms. The molecule has 106 valence electrons. The second-order valence-corrected chi connectivity index (χ2v) is 4.84. The molecule has 0 fully saturated rings. The van der Waals surface area contributed by atoms with Gasteiger partial charge in [-0.25, -0.2) is 4.89 Å². The van der Waals surface area contributed by atoms with Gasteiger partial charge in [-0.1, -0.05) is 42.0 Å². The van der Waals surface area contributed by atoms with Gasteiger partial charge in [0.1, 0.15) is 0 Å². The Morgan fingerprint density at radius 1 is 1.16 bits per heavy atom. The summed E-state index contributed by atoms with van der Waals surface area (Å²) < 4.78 is 5.27. The van der Waals surface area contributed by atoms with Crippen LogP contribution in [0.5, 0.6) is 0 Å². The van der Waals surface area contributed by atoms with Crippen molar-refractivity contribution in [1.29, 1.82) is 0 Å². The van der Waals surface area contributed by atoms with Crippen LogP contribution in [0.25, 0.3) is 0 Å². The summed E-state index contributed by atoms with van der Waals surface area (Å²) in [5.74, 6) is 0. The van der Waals surface area contributed by atoms with Crippen molar-refractivity contribution in [3.05, 3.63) is 47.5 Å². The lowest BCUT2D eigenvalue weighted by molar-refractivity contribution is -0.397. The predicted molar refractivity (Wildman–Crippen MR) is 76.5 cm³/mol. The Morgan fingerprint density at radius 3 is 2.42 bits per heavy atom. The summed E-state index contributed by atoms with van der Waals surface area (Å²) in [5, 5.41) is 0. The van der Waals surface area contributed by atoms with Crippen LogP contribution in [-0.4, -0.2) is 13.2 Å². The van der Waals surface area contributed by atoms with Gasteiger partial charge in [-0.3, -0.25) is 0 Å². The van der Waals surface area contributed by atoms with Crippen molar-refractivity contribution >= 4 is 0 Å². The molecule has 0 radical (unpaired) electrons. The molecule has 0 N–H and O–H groups in total. The second kappa shape index (κ2) is 8.86. The number of methoxy groups -OCH3 is 1. The minimum atomic E-state index is -0.480. The van der Waals surface area contributed by atoms with E-state index in [1.54, 1.807) is 7.11 Å². The predicted octanol–water partition coefficient (Wildman–Crippen LogP) is 4.41. The van der Waals surface area contributed by atoms with Crippen LogP contribution in [0, 0.1) is 0 Å². The Bertz CT molecular complexity index is 369. The monoisotopic (exact) mass is 264 g/mol. The van der Waals surface area contributed by atoms with E-state index in [-0.39, 0.29) is 6.10 Å². The lowest BCUT2D eigenvalue weighted by Gasteiger charge is -2.18. The molecule has 0 heterocycles. The maximum Gasteiger partial charge on any atom is 0.217 e. The van der Waals surface area contributed by atoms with E-state index in [0.29, 0.717) is 0 Å². The number of allylic oxidation sites excluding steroid dienone is 2. The highest BCUT2D eigenvalue weighted by molar-refractivity contribution is 5.15. The molecular formula is C16H24O3. The molecule has 0 aliphatic carbocycles. The van der Waals surface area contributed by atoms with Crippen LogP contribution in [0.4, 0.5) is 0 Å². The standard InChI is InChI=1S/C16H24O3/c1-13(2)9-8-10-14(3)18-19-16(17-4)15-11-6-5-7-12-15/h5-7,9,11-12,14,16H,8,10H2,1-4H3. The van der Waals surface area contributed by atoms with Crippen molar-refractivity contribution in [1.82, 2.24) is 0 Å². The van der Waals surface area contributed by atoms with E-state index in [4.69, 9.17) is 14.5 Å². The summed E-state index contributed by atoms with van der Waals surface area (Å²) in [5.41, 5.74) is 2.27. The third kappa shape index (κ3) is 6.53. The molecule has 0 saturated carbocycles. The minimum absolute atomic E-state index is 0.0389. The summed E-state index contributed by atoms with van der Waals surface area (Å²) in [4.78, 5) is 10.7. The number of ether oxygens (including phenoxy) is 1. The normalized spacial score (nSPS) is 13.9. The Kier molecular flexibility index (Phi) is 7.41. The zero-order chi connectivity index (χ0) is 14.1. The molecule has 3 nitrogen and oxygen atoms in total. The Labute approximate surface area is 116 Å². The third-order valence-electron chi connectivity index (χ3n) is 2.72. The molecule has 0 aliphatic heterocycles. The van der Waals surface area contributed by atoms with Crippen molar-refractivity contribution in [2.24, 2.45) is 0 Å². The molecule has 1 rings (SSSR count). The van der Waals surface area contributed by atoms with Gasteiger partial charge in [0.15, 0.2) is 0 Å². The molecule has 0 amide bonds. The molecule has 2 atom stereocenters. The van der Waals surface area contributed by atoms with Gasteiger partial charge < -0.3 is 4.74 Å². The fraction of sp³-hybridized carbons (Fsp3) is 0.500. The third-order valence-corrected chi connectivity index (χ3v) is 2.72. The molecule has 0 saturated heterocycles. The fourth-order valence-electron chi connectivity index (χ4n) is 1.64. The quantitative estimate of drug-likeness (QED) is 0.301. The fourth-order valence-corrected chi connectivity index (χ4v) is 1.64. The molecule has 0 bridgehead atoms. The van der Waals surface area contributed by atoms with E-state index >= 15 is 0 Å². The first-order valence-corrected chi connectivity index (χ1v) is 6.66. The van der Waals surface area contributed by atoms with Crippen LogP contribution < -0.4 is 0 Å². The zero-order valence-corrected chi connectivity index (χ0v) is 12.3. The van der Waals surface area contributed by atoms with Gasteiger partial charge in [-0.2, -0.15) is 4.89 Å². The van der Waals surface area contributed by atoms with Gasteiger partial charge in [0, 0.05) is 12.7 Å². The number of rotatable bonds is 8. The first-order chi connectivity index (χ1) is 9.13. The summed E-state index contributed by atoms with van der Waals surface area (Å²) >= 11 is 0.